The van der Waals surface area contributed by atoms with Crippen LogP contribution in [-0.2, 0) is 0 Å². The fourth-order valence-corrected chi connectivity index (χ4v) is 2.70. The average molecular weight is 258 g/mol. The Balaban J connectivity index is 3.89. The van der Waals surface area contributed by atoms with Crippen molar-refractivity contribution in [3.8, 4) is 6.07 Å². The first-order chi connectivity index (χ1) is 8.10. The molecule has 0 amide bonds. The highest BCUT2D eigenvalue weighted by Crippen LogP contribution is 2.19. The molecule has 2 N–H and O–H groups in total. The fourth-order valence-electron chi connectivity index (χ4n) is 1.82. The van der Waals surface area contributed by atoms with Crippen molar-refractivity contribution in [1.82, 2.24) is 5.32 Å². The molecule has 3 nitrogen and oxygen atoms in total. The summed E-state index contributed by atoms with van der Waals surface area (Å²) in [5.74, 6) is 2.09. The first kappa shape index (κ1) is 16.8. The number of nitriles is 1. The fraction of sp³-hybridized carbons (Fsp3) is 0.923. The van der Waals surface area contributed by atoms with Crippen LogP contribution in [0.15, 0.2) is 0 Å². The van der Waals surface area contributed by atoms with E-state index in [0.717, 1.165) is 37.2 Å². The van der Waals surface area contributed by atoms with Gasteiger partial charge in [0.2, 0.25) is 0 Å². The number of nitrogens with zero attached hydrogens (tertiary/aromatic N) is 1. The number of hydrogen-bond acceptors (Lipinski definition) is 4. The summed E-state index contributed by atoms with van der Waals surface area (Å²) in [5, 5.41) is 21.4. The van der Waals surface area contributed by atoms with Crippen LogP contribution in [0, 0.1) is 11.3 Å². The zero-order valence-corrected chi connectivity index (χ0v) is 12.1. The molecule has 4 heteroatoms. The molecule has 0 rings (SSSR count). The lowest BCUT2D eigenvalue weighted by Crippen LogP contribution is -2.47. The van der Waals surface area contributed by atoms with Gasteiger partial charge < -0.3 is 5.11 Å². The van der Waals surface area contributed by atoms with E-state index in [0.29, 0.717) is 6.04 Å². The molecule has 0 spiro atoms. The summed E-state index contributed by atoms with van der Waals surface area (Å²) in [5.41, 5.74) is -0.355. The number of nitrogens with one attached hydrogen (secondary N) is 1. The quantitative estimate of drug-likeness (QED) is 0.591. The molecule has 0 aliphatic rings. The molecule has 17 heavy (non-hydrogen) atoms. The Morgan fingerprint density at radius 1 is 1.35 bits per heavy atom. The van der Waals surface area contributed by atoms with Crippen molar-refractivity contribution in [3.05, 3.63) is 0 Å². The molecular formula is C13H26N2OS. The van der Waals surface area contributed by atoms with Crippen LogP contribution >= 0.6 is 11.8 Å². The predicted octanol–water partition coefficient (Wildman–Crippen LogP) is 2.55. The first-order valence-corrected chi connectivity index (χ1v) is 7.63. The molecule has 0 aromatic heterocycles. The van der Waals surface area contributed by atoms with Crippen LogP contribution in [-0.4, -0.2) is 34.8 Å². The Kier molecular flexibility index (Phi) is 9.62. The first-order valence-electron chi connectivity index (χ1n) is 6.47. The third-order valence-corrected chi connectivity index (χ3v) is 3.88. The van der Waals surface area contributed by atoms with E-state index in [1.54, 1.807) is 0 Å². The zero-order chi connectivity index (χ0) is 13.1. The van der Waals surface area contributed by atoms with Crippen molar-refractivity contribution in [2.45, 2.75) is 58.0 Å². The number of hydrogen-bond donors (Lipinski definition) is 2. The number of aliphatic hydroxyl groups is 1. The van der Waals surface area contributed by atoms with Gasteiger partial charge >= 0.3 is 0 Å². The van der Waals surface area contributed by atoms with Gasteiger partial charge in [0.1, 0.15) is 5.54 Å². The van der Waals surface area contributed by atoms with Crippen LogP contribution < -0.4 is 5.32 Å². The Hall–Kier alpha value is -0.240. The maximum atomic E-state index is 9.31. The molecule has 0 aliphatic heterocycles. The third kappa shape index (κ3) is 7.64. The summed E-state index contributed by atoms with van der Waals surface area (Å²) >= 11 is 1.86. The summed E-state index contributed by atoms with van der Waals surface area (Å²) in [6.45, 7) is 6.51. The number of aliphatic hydroxyl groups excluding tert-OH is 1. The van der Waals surface area contributed by atoms with Gasteiger partial charge in [-0.2, -0.15) is 17.0 Å². The minimum Gasteiger partial charge on any atom is -0.396 e. The van der Waals surface area contributed by atoms with E-state index in [-0.39, 0.29) is 12.1 Å². The zero-order valence-electron chi connectivity index (χ0n) is 11.3. The van der Waals surface area contributed by atoms with Gasteiger partial charge in [0.05, 0.1) is 6.07 Å². The lowest BCUT2D eigenvalue weighted by Gasteiger charge is -2.29. The molecule has 0 bridgehead atoms. The average Bonchev–Trinajstić information content (AvgIpc) is 2.31. The van der Waals surface area contributed by atoms with E-state index in [9.17, 15) is 5.26 Å². The third-order valence-electron chi connectivity index (χ3n) is 2.72. The van der Waals surface area contributed by atoms with E-state index in [4.69, 9.17) is 5.11 Å². The smallest absolute Gasteiger partial charge is 0.106 e. The topological polar surface area (TPSA) is 56.0 Å². The Bertz CT molecular complexity index is 228. The Labute approximate surface area is 110 Å². The second kappa shape index (κ2) is 9.76. The van der Waals surface area contributed by atoms with Gasteiger partial charge in [-0.1, -0.05) is 6.92 Å². The molecule has 0 aromatic rings. The van der Waals surface area contributed by atoms with Gasteiger partial charge in [-0.25, -0.2) is 0 Å². The molecule has 0 aromatic carbocycles. The van der Waals surface area contributed by atoms with Gasteiger partial charge in [0.15, 0.2) is 0 Å². The minimum atomic E-state index is -0.355. The molecule has 1 atom stereocenters. The Morgan fingerprint density at radius 2 is 2.00 bits per heavy atom. The monoisotopic (exact) mass is 258 g/mol. The van der Waals surface area contributed by atoms with Gasteiger partial charge in [-0.15, -0.1) is 0 Å². The highest BCUT2D eigenvalue weighted by molar-refractivity contribution is 7.99. The van der Waals surface area contributed by atoms with Crippen LogP contribution in [0.25, 0.3) is 0 Å². The molecule has 1 unspecified atom stereocenters. The van der Waals surface area contributed by atoms with Crippen molar-refractivity contribution in [2.75, 3.05) is 18.1 Å². The van der Waals surface area contributed by atoms with E-state index in [1.165, 1.54) is 0 Å². The van der Waals surface area contributed by atoms with Crippen LogP contribution in [0.1, 0.15) is 46.5 Å². The standard InChI is InChI=1S/C13H26N2OS/c1-4-13(11-14,15-12(2)3)7-5-9-17-10-6-8-16/h12,15-16H,4-10H2,1-3H3. The minimum absolute atomic E-state index is 0.277. The SMILES string of the molecule is CCC(C#N)(CCCSCCCO)NC(C)C. The van der Waals surface area contributed by atoms with Crippen molar-refractivity contribution in [1.29, 1.82) is 5.26 Å². The van der Waals surface area contributed by atoms with E-state index < -0.39 is 0 Å². The molecule has 100 valence electrons. The molecule has 0 radical (unpaired) electrons. The molecule has 0 heterocycles. The van der Waals surface area contributed by atoms with Crippen molar-refractivity contribution >= 4 is 11.8 Å². The van der Waals surface area contributed by atoms with Gasteiger partial charge in [0, 0.05) is 12.6 Å². The van der Waals surface area contributed by atoms with Gasteiger partial charge in [-0.3, -0.25) is 5.32 Å². The van der Waals surface area contributed by atoms with Crippen molar-refractivity contribution < 1.29 is 5.11 Å². The molecule has 0 fully saturated rings. The van der Waals surface area contributed by atoms with Crippen LogP contribution in [0.4, 0.5) is 0 Å². The molecule has 0 saturated carbocycles. The second-order valence-electron chi connectivity index (χ2n) is 4.64. The summed E-state index contributed by atoms with van der Waals surface area (Å²) < 4.78 is 0. The summed E-state index contributed by atoms with van der Waals surface area (Å²) in [4.78, 5) is 0. The van der Waals surface area contributed by atoms with Gasteiger partial charge in [-0.05, 0) is 51.0 Å². The summed E-state index contributed by atoms with van der Waals surface area (Å²) in [6.07, 6.45) is 3.68. The van der Waals surface area contributed by atoms with E-state index in [1.807, 2.05) is 11.8 Å². The van der Waals surface area contributed by atoms with Gasteiger partial charge in [0.25, 0.3) is 0 Å². The van der Waals surface area contributed by atoms with Crippen molar-refractivity contribution in [2.24, 2.45) is 0 Å². The van der Waals surface area contributed by atoms with Crippen LogP contribution in [0.2, 0.25) is 0 Å². The second-order valence-corrected chi connectivity index (χ2v) is 5.86. The summed E-state index contributed by atoms with van der Waals surface area (Å²) in [7, 11) is 0. The number of rotatable bonds is 10. The van der Waals surface area contributed by atoms with Crippen LogP contribution in [0.5, 0.6) is 0 Å². The Morgan fingerprint density at radius 3 is 2.47 bits per heavy atom. The van der Waals surface area contributed by atoms with Crippen molar-refractivity contribution in [3.63, 3.8) is 0 Å². The van der Waals surface area contributed by atoms with E-state index >= 15 is 0 Å². The lowest BCUT2D eigenvalue weighted by molar-refractivity contribution is 0.296. The lowest BCUT2D eigenvalue weighted by atomic mass is 9.91. The highest BCUT2D eigenvalue weighted by atomic mass is 32.2. The van der Waals surface area contributed by atoms with E-state index in [2.05, 4.69) is 32.2 Å². The largest absolute Gasteiger partial charge is 0.396 e. The highest BCUT2D eigenvalue weighted by Gasteiger charge is 2.27. The maximum Gasteiger partial charge on any atom is 0.106 e. The molecular weight excluding hydrogens is 232 g/mol. The molecule has 0 saturated heterocycles. The molecule has 0 aliphatic carbocycles. The predicted molar refractivity (Wildman–Crippen MR) is 75.2 cm³/mol. The normalized spacial score (nSPS) is 14.6. The van der Waals surface area contributed by atoms with Crippen LogP contribution in [0.3, 0.4) is 0 Å². The summed E-state index contributed by atoms with van der Waals surface area (Å²) in [6, 6.07) is 2.78. The maximum absolute atomic E-state index is 9.31. The number of thioether (sulfide) groups is 1.